The van der Waals surface area contributed by atoms with Gasteiger partial charge in [0.2, 0.25) is 5.91 Å². The van der Waals surface area contributed by atoms with E-state index in [0.717, 1.165) is 0 Å². The topological polar surface area (TPSA) is 58.4 Å². The molecule has 0 bridgehead atoms. The van der Waals surface area contributed by atoms with Crippen LogP contribution in [0.5, 0.6) is 0 Å². The largest absolute Gasteiger partial charge is 0.337 e. The summed E-state index contributed by atoms with van der Waals surface area (Å²) in [4.78, 5) is 32.3. The second-order valence-electron chi connectivity index (χ2n) is 5.81. The molecule has 0 unspecified atom stereocenters. The van der Waals surface area contributed by atoms with Crippen molar-refractivity contribution >= 4 is 11.8 Å². The van der Waals surface area contributed by atoms with Gasteiger partial charge >= 0.3 is 0 Å². The Bertz CT molecular complexity index is 707. The fourth-order valence-electron chi connectivity index (χ4n) is 2.80. The Morgan fingerprint density at radius 2 is 1.71 bits per heavy atom. The standard InChI is InChI=1S/C17H19FN4O2/c1-13(22-7-6-19-12-22)16(23)20-8-10-21(11-9-20)17(24)14-2-4-15(18)5-3-14/h2-7,12-13H,8-11H2,1H3/t13-/m1/s1. The first-order valence-electron chi connectivity index (χ1n) is 7.87. The average Bonchev–Trinajstić information content (AvgIpc) is 3.15. The zero-order chi connectivity index (χ0) is 17.1. The van der Waals surface area contributed by atoms with E-state index in [4.69, 9.17) is 0 Å². The highest BCUT2D eigenvalue weighted by molar-refractivity contribution is 5.94. The molecule has 1 aromatic carbocycles. The molecule has 0 spiro atoms. The van der Waals surface area contributed by atoms with Gasteiger partial charge in [-0.15, -0.1) is 0 Å². The van der Waals surface area contributed by atoms with Crippen LogP contribution in [-0.4, -0.2) is 57.3 Å². The molecule has 2 amide bonds. The Hall–Kier alpha value is -2.70. The lowest BCUT2D eigenvalue weighted by Crippen LogP contribution is -2.51. The van der Waals surface area contributed by atoms with Gasteiger partial charge in [0.15, 0.2) is 0 Å². The third-order valence-corrected chi connectivity index (χ3v) is 4.30. The van der Waals surface area contributed by atoms with Crippen molar-refractivity contribution in [3.8, 4) is 0 Å². The maximum absolute atomic E-state index is 12.9. The Morgan fingerprint density at radius 1 is 1.08 bits per heavy atom. The van der Waals surface area contributed by atoms with Gasteiger partial charge in [0.05, 0.1) is 6.33 Å². The molecular formula is C17H19FN4O2. The monoisotopic (exact) mass is 330 g/mol. The third-order valence-electron chi connectivity index (χ3n) is 4.30. The molecule has 1 aliphatic heterocycles. The van der Waals surface area contributed by atoms with Gasteiger partial charge in [0, 0.05) is 44.1 Å². The highest BCUT2D eigenvalue weighted by Gasteiger charge is 2.27. The van der Waals surface area contributed by atoms with Crippen molar-refractivity contribution < 1.29 is 14.0 Å². The molecule has 24 heavy (non-hydrogen) atoms. The van der Waals surface area contributed by atoms with Crippen LogP contribution in [-0.2, 0) is 4.79 Å². The normalized spacial score (nSPS) is 16.1. The third kappa shape index (κ3) is 3.29. The van der Waals surface area contributed by atoms with E-state index >= 15 is 0 Å². The molecule has 0 radical (unpaired) electrons. The van der Waals surface area contributed by atoms with Gasteiger partial charge in [-0.05, 0) is 31.2 Å². The number of aromatic nitrogens is 2. The number of benzene rings is 1. The number of piperazine rings is 1. The SMILES string of the molecule is C[C@H](C(=O)N1CCN(C(=O)c2ccc(F)cc2)CC1)n1ccnc1. The zero-order valence-corrected chi connectivity index (χ0v) is 13.4. The maximum Gasteiger partial charge on any atom is 0.253 e. The quantitative estimate of drug-likeness (QED) is 0.858. The first kappa shape index (κ1) is 16.2. The summed E-state index contributed by atoms with van der Waals surface area (Å²) in [5.41, 5.74) is 0.461. The minimum Gasteiger partial charge on any atom is -0.337 e. The van der Waals surface area contributed by atoms with Crippen LogP contribution < -0.4 is 0 Å². The van der Waals surface area contributed by atoms with Crippen molar-refractivity contribution in [2.45, 2.75) is 13.0 Å². The van der Waals surface area contributed by atoms with E-state index in [1.807, 2.05) is 6.92 Å². The minimum atomic E-state index is -0.365. The van der Waals surface area contributed by atoms with E-state index in [-0.39, 0.29) is 23.7 Å². The second kappa shape index (κ2) is 6.82. The summed E-state index contributed by atoms with van der Waals surface area (Å²) >= 11 is 0. The summed E-state index contributed by atoms with van der Waals surface area (Å²) in [6.07, 6.45) is 5.02. The Kier molecular flexibility index (Phi) is 4.59. The number of amides is 2. The first-order valence-corrected chi connectivity index (χ1v) is 7.87. The molecular weight excluding hydrogens is 311 g/mol. The van der Waals surface area contributed by atoms with E-state index in [0.29, 0.717) is 31.7 Å². The fraction of sp³-hybridized carbons (Fsp3) is 0.353. The maximum atomic E-state index is 12.9. The van der Waals surface area contributed by atoms with E-state index in [1.165, 1.54) is 24.3 Å². The molecule has 7 heteroatoms. The van der Waals surface area contributed by atoms with Crippen LogP contribution in [0.15, 0.2) is 43.0 Å². The highest BCUT2D eigenvalue weighted by Crippen LogP contribution is 2.14. The second-order valence-corrected chi connectivity index (χ2v) is 5.81. The molecule has 3 rings (SSSR count). The summed E-state index contributed by atoms with van der Waals surface area (Å²) in [5.74, 6) is -0.484. The lowest BCUT2D eigenvalue weighted by Gasteiger charge is -2.36. The minimum absolute atomic E-state index is 0.0156. The smallest absolute Gasteiger partial charge is 0.253 e. The van der Waals surface area contributed by atoms with Crippen molar-refractivity contribution in [3.05, 3.63) is 54.4 Å². The number of halogens is 1. The molecule has 1 aromatic heterocycles. The molecule has 126 valence electrons. The summed E-state index contributed by atoms with van der Waals surface area (Å²) in [6, 6.07) is 5.21. The predicted molar refractivity (Wildman–Crippen MR) is 85.8 cm³/mol. The molecule has 1 aliphatic rings. The number of hydrogen-bond acceptors (Lipinski definition) is 3. The molecule has 0 aliphatic carbocycles. The predicted octanol–water partition coefficient (Wildman–Crippen LogP) is 1.57. The van der Waals surface area contributed by atoms with Gasteiger partial charge in [-0.2, -0.15) is 0 Å². The highest BCUT2D eigenvalue weighted by atomic mass is 19.1. The number of hydrogen-bond donors (Lipinski definition) is 0. The number of carbonyl (C=O) groups excluding carboxylic acids is 2. The van der Waals surface area contributed by atoms with Gasteiger partial charge in [0.1, 0.15) is 11.9 Å². The molecule has 2 aromatic rings. The van der Waals surface area contributed by atoms with E-state index in [1.54, 1.807) is 33.1 Å². The lowest BCUT2D eigenvalue weighted by molar-refractivity contribution is -0.135. The summed E-state index contributed by atoms with van der Waals surface area (Å²) in [5, 5.41) is 0. The fourth-order valence-corrected chi connectivity index (χ4v) is 2.80. The van der Waals surface area contributed by atoms with E-state index in [2.05, 4.69) is 4.98 Å². The van der Waals surface area contributed by atoms with Crippen LogP contribution in [0.2, 0.25) is 0 Å². The van der Waals surface area contributed by atoms with Gasteiger partial charge < -0.3 is 14.4 Å². The van der Waals surface area contributed by atoms with Crippen LogP contribution in [0.1, 0.15) is 23.3 Å². The summed E-state index contributed by atoms with van der Waals surface area (Å²) in [6.45, 7) is 3.76. The zero-order valence-electron chi connectivity index (χ0n) is 13.4. The number of imidazole rings is 1. The average molecular weight is 330 g/mol. The molecule has 2 heterocycles. The van der Waals surface area contributed by atoms with E-state index in [9.17, 15) is 14.0 Å². The van der Waals surface area contributed by atoms with E-state index < -0.39 is 0 Å². The summed E-state index contributed by atoms with van der Waals surface area (Å²) in [7, 11) is 0. The lowest BCUT2D eigenvalue weighted by atomic mass is 10.1. The van der Waals surface area contributed by atoms with Crippen LogP contribution in [0.3, 0.4) is 0 Å². The van der Waals surface area contributed by atoms with Crippen LogP contribution >= 0.6 is 0 Å². The number of rotatable bonds is 3. The van der Waals surface area contributed by atoms with Gasteiger partial charge in [-0.3, -0.25) is 9.59 Å². The van der Waals surface area contributed by atoms with Gasteiger partial charge in [-0.1, -0.05) is 0 Å². The van der Waals surface area contributed by atoms with Crippen molar-refractivity contribution in [1.82, 2.24) is 19.4 Å². The molecule has 1 atom stereocenters. The summed E-state index contributed by atoms with van der Waals surface area (Å²) < 4.78 is 14.7. The molecule has 0 saturated carbocycles. The number of nitrogens with zero attached hydrogens (tertiary/aromatic N) is 4. The van der Waals surface area contributed by atoms with Gasteiger partial charge in [-0.25, -0.2) is 9.37 Å². The van der Waals surface area contributed by atoms with Crippen LogP contribution in [0.25, 0.3) is 0 Å². The number of carbonyl (C=O) groups is 2. The molecule has 6 nitrogen and oxygen atoms in total. The van der Waals surface area contributed by atoms with Crippen LogP contribution in [0.4, 0.5) is 4.39 Å². The Morgan fingerprint density at radius 3 is 2.29 bits per heavy atom. The molecule has 1 fully saturated rings. The van der Waals surface area contributed by atoms with Crippen molar-refractivity contribution in [2.24, 2.45) is 0 Å². The molecule has 1 saturated heterocycles. The Balaban J connectivity index is 1.58. The van der Waals surface area contributed by atoms with Crippen LogP contribution in [0, 0.1) is 5.82 Å². The Labute approximate surface area is 139 Å². The van der Waals surface area contributed by atoms with Crippen molar-refractivity contribution in [1.29, 1.82) is 0 Å². The first-order chi connectivity index (χ1) is 11.6. The van der Waals surface area contributed by atoms with Gasteiger partial charge in [0.25, 0.3) is 5.91 Å². The van der Waals surface area contributed by atoms with Crippen molar-refractivity contribution in [3.63, 3.8) is 0 Å². The van der Waals surface area contributed by atoms with Crippen molar-refractivity contribution in [2.75, 3.05) is 26.2 Å². The molecule has 0 N–H and O–H groups in total.